The van der Waals surface area contributed by atoms with E-state index in [4.69, 9.17) is 9.47 Å². The van der Waals surface area contributed by atoms with Crippen molar-refractivity contribution in [3.8, 4) is 11.5 Å². The average molecular weight is 491 g/mol. The minimum atomic E-state index is 0.0256. The molecule has 1 aliphatic rings. The molecule has 37 heavy (non-hydrogen) atoms. The lowest BCUT2D eigenvalue weighted by molar-refractivity contribution is -0.129. The van der Waals surface area contributed by atoms with Crippen molar-refractivity contribution in [3.63, 3.8) is 0 Å². The molecule has 4 aromatic carbocycles. The number of rotatable bonds is 10. The third-order valence-electron chi connectivity index (χ3n) is 7.26. The highest BCUT2D eigenvalue weighted by Crippen LogP contribution is 2.34. The quantitative estimate of drug-likeness (QED) is 0.229. The molecule has 0 amide bonds. The van der Waals surface area contributed by atoms with Crippen LogP contribution in [0.25, 0.3) is 0 Å². The SMILES string of the molecule is O=C1C(Cc2ccccc2OCc2ccccc2)CCCC1Cc1ccccc1OCc1ccccc1. The Hall–Kier alpha value is -3.85. The van der Waals surface area contributed by atoms with E-state index in [1.807, 2.05) is 72.8 Å². The maximum Gasteiger partial charge on any atom is 0.139 e. The second kappa shape index (κ2) is 12.4. The van der Waals surface area contributed by atoms with Gasteiger partial charge in [-0.15, -0.1) is 0 Å². The van der Waals surface area contributed by atoms with E-state index in [9.17, 15) is 4.79 Å². The molecule has 3 heteroatoms. The number of hydrogen-bond donors (Lipinski definition) is 0. The molecule has 5 rings (SSSR count). The van der Waals surface area contributed by atoms with Gasteiger partial charge in [0.2, 0.25) is 0 Å². The van der Waals surface area contributed by atoms with E-state index >= 15 is 0 Å². The van der Waals surface area contributed by atoms with E-state index in [0.717, 1.165) is 65.9 Å². The molecule has 2 atom stereocenters. The summed E-state index contributed by atoms with van der Waals surface area (Å²) in [6.07, 6.45) is 4.41. The van der Waals surface area contributed by atoms with Crippen molar-refractivity contribution < 1.29 is 14.3 Å². The smallest absolute Gasteiger partial charge is 0.139 e. The van der Waals surface area contributed by atoms with Gasteiger partial charge in [-0.25, -0.2) is 0 Å². The van der Waals surface area contributed by atoms with Crippen molar-refractivity contribution >= 4 is 5.78 Å². The van der Waals surface area contributed by atoms with Crippen LogP contribution in [0.1, 0.15) is 41.5 Å². The average Bonchev–Trinajstić information content (AvgIpc) is 2.95. The normalized spacial score (nSPS) is 17.4. The molecule has 3 nitrogen and oxygen atoms in total. The van der Waals surface area contributed by atoms with E-state index in [0.29, 0.717) is 19.0 Å². The number of ketones is 1. The topological polar surface area (TPSA) is 35.5 Å². The number of para-hydroxylation sites is 2. The largest absolute Gasteiger partial charge is 0.489 e. The molecule has 188 valence electrons. The summed E-state index contributed by atoms with van der Waals surface area (Å²) in [5, 5.41) is 0. The molecule has 0 bridgehead atoms. The molecular formula is C34H34O3. The molecule has 0 spiro atoms. The third-order valence-corrected chi connectivity index (χ3v) is 7.26. The van der Waals surface area contributed by atoms with Crippen LogP contribution in [0.3, 0.4) is 0 Å². The summed E-state index contributed by atoms with van der Waals surface area (Å²) in [6.45, 7) is 1.05. The van der Waals surface area contributed by atoms with Gasteiger partial charge in [0, 0.05) is 11.8 Å². The van der Waals surface area contributed by atoms with Crippen molar-refractivity contribution in [2.75, 3.05) is 0 Å². The molecule has 0 aromatic heterocycles. The number of carbonyl (C=O) groups excluding carboxylic acids is 1. The van der Waals surface area contributed by atoms with Crippen LogP contribution >= 0.6 is 0 Å². The Morgan fingerprint density at radius 3 is 1.41 bits per heavy atom. The summed E-state index contributed by atoms with van der Waals surface area (Å²) in [7, 11) is 0. The van der Waals surface area contributed by atoms with Crippen molar-refractivity contribution in [2.45, 2.75) is 45.3 Å². The Balaban J connectivity index is 1.23. The third kappa shape index (κ3) is 6.68. The number of carbonyl (C=O) groups is 1. The number of ether oxygens (including phenoxy) is 2. The van der Waals surface area contributed by atoms with Gasteiger partial charge in [-0.05, 0) is 60.1 Å². The first-order valence-electron chi connectivity index (χ1n) is 13.3. The summed E-state index contributed by atoms with van der Waals surface area (Å²) < 4.78 is 12.3. The highest BCUT2D eigenvalue weighted by molar-refractivity contribution is 5.84. The lowest BCUT2D eigenvalue weighted by Crippen LogP contribution is -2.31. The summed E-state index contributed by atoms with van der Waals surface area (Å²) >= 11 is 0. The van der Waals surface area contributed by atoms with E-state index in [-0.39, 0.29) is 11.8 Å². The van der Waals surface area contributed by atoms with E-state index in [1.165, 1.54) is 0 Å². The molecule has 1 fully saturated rings. The van der Waals surface area contributed by atoms with Crippen LogP contribution in [-0.2, 0) is 30.8 Å². The molecule has 2 unspecified atom stereocenters. The Morgan fingerprint density at radius 2 is 0.946 bits per heavy atom. The summed E-state index contributed by atoms with van der Waals surface area (Å²) in [5.74, 6) is 2.18. The Bertz CT molecular complexity index is 1180. The number of hydrogen-bond acceptors (Lipinski definition) is 3. The predicted octanol–water partition coefficient (Wildman–Crippen LogP) is 7.62. The first-order chi connectivity index (χ1) is 18.3. The van der Waals surface area contributed by atoms with Gasteiger partial charge in [-0.2, -0.15) is 0 Å². The Morgan fingerprint density at radius 1 is 0.541 bits per heavy atom. The predicted molar refractivity (Wildman–Crippen MR) is 148 cm³/mol. The van der Waals surface area contributed by atoms with Crippen LogP contribution < -0.4 is 9.47 Å². The highest BCUT2D eigenvalue weighted by atomic mass is 16.5. The Labute approximate surface area is 220 Å². The monoisotopic (exact) mass is 490 g/mol. The van der Waals surface area contributed by atoms with Gasteiger partial charge in [0.1, 0.15) is 30.5 Å². The van der Waals surface area contributed by atoms with Gasteiger partial charge < -0.3 is 9.47 Å². The Kier molecular flexibility index (Phi) is 8.32. The first kappa shape index (κ1) is 24.8. The second-order valence-corrected chi connectivity index (χ2v) is 9.90. The van der Waals surface area contributed by atoms with Gasteiger partial charge in [0.05, 0.1) is 0 Å². The molecular weight excluding hydrogens is 456 g/mol. The zero-order valence-corrected chi connectivity index (χ0v) is 21.2. The number of Topliss-reactive ketones (excluding diaryl/α,β-unsaturated/α-hetero) is 1. The molecule has 0 radical (unpaired) electrons. The van der Waals surface area contributed by atoms with Gasteiger partial charge in [0.15, 0.2) is 0 Å². The molecule has 0 aliphatic heterocycles. The molecule has 1 saturated carbocycles. The van der Waals surface area contributed by atoms with Crippen molar-refractivity contribution in [3.05, 3.63) is 131 Å². The molecule has 0 saturated heterocycles. The minimum absolute atomic E-state index is 0.0256. The molecule has 0 heterocycles. The van der Waals surface area contributed by atoms with Gasteiger partial charge >= 0.3 is 0 Å². The molecule has 0 N–H and O–H groups in total. The van der Waals surface area contributed by atoms with Gasteiger partial charge in [0.25, 0.3) is 0 Å². The van der Waals surface area contributed by atoms with Gasteiger partial charge in [-0.3, -0.25) is 4.79 Å². The zero-order chi connectivity index (χ0) is 25.3. The zero-order valence-electron chi connectivity index (χ0n) is 21.2. The maximum absolute atomic E-state index is 13.6. The van der Waals surface area contributed by atoms with E-state index in [1.54, 1.807) is 0 Å². The van der Waals surface area contributed by atoms with Crippen molar-refractivity contribution in [1.29, 1.82) is 0 Å². The lowest BCUT2D eigenvalue weighted by atomic mass is 9.75. The van der Waals surface area contributed by atoms with E-state index < -0.39 is 0 Å². The fraction of sp³-hybridized carbons (Fsp3) is 0.265. The maximum atomic E-state index is 13.6. The van der Waals surface area contributed by atoms with Crippen LogP contribution in [0, 0.1) is 11.8 Å². The van der Waals surface area contributed by atoms with Crippen LogP contribution in [0.2, 0.25) is 0 Å². The van der Waals surface area contributed by atoms with E-state index in [2.05, 4.69) is 36.4 Å². The summed E-state index contributed by atoms with van der Waals surface area (Å²) in [6, 6.07) is 36.7. The second-order valence-electron chi connectivity index (χ2n) is 9.90. The minimum Gasteiger partial charge on any atom is -0.489 e. The fourth-order valence-corrected chi connectivity index (χ4v) is 5.26. The van der Waals surface area contributed by atoms with Crippen LogP contribution in [-0.4, -0.2) is 5.78 Å². The van der Waals surface area contributed by atoms with Gasteiger partial charge in [-0.1, -0.05) is 103 Å². The number of benzene rings is 4. The fourth-order valence-electron chi connectivity index (χ4n) is 5.26. The molecule has 1 aliphatic carbocycles. The highest BCUT2D eigenvalue weighted by Gasteiger charge is 2.32. The summed E-state index contributed by atoms with van der Waals surface area (Å²) in [4.78, 5) is 13.6. The lowest BCUT2D eigenvalue weighted by Gasteiger charge is -2.29. The molecule has 4 aromatic rings. The van der Waals surface area contributed by atoms with Crippen LogP contribution in [0.5, 0.6) is 11.5 Å². The van der Waals surface area contributed by atoms with Crippen LogP contribution in [0.15, 0.2) is 109 Å². The first-order valence-corrected chi connectivity index (χ1v) is 13.3. The summed E-state index contributed by atoms with van der Waals surface area (Å²) in [5.41, 5.74) is 4.51. The van der Waals surface area contributed by atoms with Crippen molar-refractivity contribution in [1.82, 2.24) is 0 Å². The standard InChI is InChI=1S/C34H34O3/c35-34-30(22-28-16-7-9-20-32(28)36-24-26-12-3-1-4-13-26)18-11-19-31(34)23-29-17-8-10-21-33(29)37-25-27-14-5-2-6-15-27/h1-10,12-17,20-21,30-31H,11,18-19,22-25H2. The van der Waals surface area contributed by atoms with Crippen molar-refractivity contribution in [2.24, 2.45) is 11.8 Å². The van der Waals surface area contributed by atoms with Crippen LogP contribution in [0.4, 0.5) is 0 Å².